The summed E-state index contributed by atoms with van der Waals surface area (Å²) in [5.41, 5.74) is 0.999. The van der Waals surface area contributed by atoms with Gasteiger partial charge >= 0.3 is 5.97 Å². The van der Waals surface area contributed by atoms with Gasteiger partial charge in [0.2, 0.25) is 0 Å². The van der Waals surface area contributed by atoms with Crippen LogP contribution in [0.25, 0.3) is 0 Å². The van der Waals surface area contributed by atoms with Crippen LogP contribution in [0.4, 0.5) is 5.82 Å². The minimum atomic E-state index is -1.09. The first-order valence-electron chi connectivity index (χ1n) is 5.63. The number of carbonyl (C=O) groups is 1. The Balaban J connectivity index is 2.14. The molecule has 0 amide bonds. The first-order valence-corrected chi connectivity index (χ1v) is 6.43. The van der Waals surface area contributed by atoms with Crippen molar-refractivity contribution in [3.63, 3.8) is 0 Å². The predicted octanol–water partition coefficient (Wildman–Crippen LogP) is 3.11. The van der Waals surface area contributed by atoms with E-state index < -0.39 is 5.97 Å². The number of nitrogens with zero attached hydrogens (tertiary/aromatic N) is 2. The van der Waals surface area contributed by atoms with Gasteiger partial charge in [-0.15, -0.1) is 0 Å². The second-order valence-corrected chi connectivity index (χ2v) is 4.93. The zero-order valence-corrected chi connectivity index (χ0v) is 11.8. The molecule has 1 heterocycles. The van der Waals surface area contributed by atoms with Gasteiger partial charge in [-0.1, -0.05) is 28.1 Å². The molecule has 0 spiro atoms. The Labute approximate surface area is 118 Å². The quantitative estimate of drug-likeness (QED) is 0.905. The SMILES string of the molecule is CC(Nc1cncc(C(=O)O)n1)c1ccc(Br)cc1. The van der Waals surface area contributed by atoms with Gasteiger partial charge in [0.1, 0.15) is 5.82 Å². The number of hydrogen-bond acceptors (Lipinski definition) is 4. The third-order valence-electron chi connectivity index (χ3n) is 2.59. The Morgan fingerprint density at radius 1 is 1.32 bits per heavy atom. The Morgan fingerprint density at radius 2 is 2.00 bits per heavy atom. The van der Waals surface area contributed by atoms with E-state index in [9.17, 15) is 4.79 Å². The zero-order valence-electron chi connectivity index (χ0n) is 10.2. The van der Waals surface area contributed by atoms with Gasteiger partial charge < -0.3 is 10.4 Å². The number of hydrogen-bond donors (Lipinski definition) is 2. The molecule has 2 rings (SSSR count). The number of halogens is 1. The minimum absolute atomic E-state index is 0.00597. The lowest BCUT2D eigenvalue weighted by molar-refractivity contribution is 0.0690. The fourth-order valence-corrected chi connectivity index (χ4v) is 1.86. The Kier molecular flexibility index (Phi) is 4.11. The first kappa shape index (κ1) is 13.5. The number of carboxylic acid groups (broad SMARTS) is 1. The summed E-state index contributed by atoms with van der Waals surface area (Å²) < 4.78 is 1.01. The number of rotatable bonds is 4. The summed E-state index contributed by atoms with van der Waals surface area (Å²) in [5.74, 6) is -0.650. The second-order valence-electron chi connectivity index (χ2n) is 4.01. The summed E-state index contributed by atoms with van der Waals surface area (Å²) in [7, 11) is 0. The van der Waals surface area contributed by atoms with Gasteiger partial charge in [0.25, 0.3) is 0 Å². The van der Waals surface area contributed by atoms with Crippen molar-refractivity contribution in [2.24, 2.45) is 0 Å². The number of benzene rings is 1. The average Bonchev–Trinajstić information content (AvgIpc) is 2.39. The molecule has 0 saturated carbocycles. The van der Waals surface area contributed by atoms with Crippen molar-refractivity contribution < 1.29 is 9.90 Å². The molecule has 0 aliphatic carbocycles. The van der Waals surface area contributed by atoms with E-state index in [1.807, 2.05) is 31.2 Å². The van der Waals surface area contributed by atoms with Crippen LogP contribution in [0.2, 0.25) is 0 Å². The number of nitrogens with one attached hydrogen (secondary N) is 1. The Bertz CT molecular complexity index is 587. The molecule has 6 heteroatoms. The molecule has 1 aromatic carbocycles. The van der Waals surface area contributed by atoms with Crippen LogP contribution in [0.5, 0.6) is 0 Å². The number of anilines is 1. The van der Waals surface area contributed by atoms with E-state index in [2.05, 4.69) is 31.2 Å². The largest absolute Gasteiger partial charge is 0.476 e. The highest BCUT2D eigenvalue weighted by Crippen LogP contribution is 2.19. The van der Waals surface area contributed by atoms with Crippen LogP contribution in [0.15, 0.2) is 41.1 Å². The molecule has 19 heavy (non-hydrogen) atoms. The van der Waals surface area contributed by atoms with Crippen LogP contribution >= 0.6 is 15.9 Å². The molecule has 1 aromatic heterocycles. The van der Waals surface area contributed by atoms with Crippen molar-refractivity contribution in [1.29, 1.82) is 0 Å². The van der Waals surface area contributed by atoms with Crippen molar-refractivity contribution in [2.45, 2.75) is 13.0 Å². The summed E-state index contributed by atoms with van der Waals surface area (Å²) in [6.45, 7) is 1.97. The van der Waals surface area contributed by atoms with E-state index in [-0.39, 0.29) is 11.7 Å². The van der Waals surface area contributed by atoms with Crippen LogP contribution in [0.3, 0.4) is 0 Å². The van der Waals surface area contributed by atoms with Gasteiger partial charge in [-0.25, -0.2) is 9.78 Å². The topological polar surface area (TPSA) is 75.1 Å². The molecule has 0 bridgehead atoms. The van der Waals surface area contributed by atoms with Crippen LogP contribution < -0.4 is 5.32 Å². The van der Waals surface area contributed by atoms with E-state index in [1.165, 1.54) is 12.4 Å². The molecule has 98 valence electrons. The molecule has 1 unspecified atom stereocenters. The van der Waals surface area contributed by atoms with E-state index >= 15 is 0 Å². The number of aromatic nitrogens is 2. The highest BCUT2D eigenvalue weighted by atomic mass is 79.9. The summed E-state index contributed by atoms with van der Waals surface area (Å²) in [4.78, 5) is 18.6. The maximum absolute atomic E-state index is 10.8. The van der Waals surface area contributed by atoms with Crippen molar-refractivity contribution in [3.05, 3.63) is 52.4 Å². The third kappa shape index (κ3) is 3.51. The third-order valence-corrected chi connectivity index (χ3v) is 3.12. The van der Waals surface area contributed by atoms with Gasteiger partial charge in [-0.05, 0) is 24.6 Å². The van der Waals surface area contributed by atoms with Crippen molar-refractivity contribution in [2.75, 3.05) is 5.32 Å². The van der Waals surface area contributed by atoms with Gasteiger partial charge in [-0.3, -0.25) is 4.98 Å². The number of carboxylic acids is 1. The lowest BCUT2D eigenvalue weighted by Crippen LogP contribution is -2.10. The van der Waals surface area contributed by atoms with Crippen molar-refractivity contribution >= 4 is 27.7 Å². The molecule has 0 aliphatic rings. The Morgan fingerprint density at radius 3 is 2.63 bits per heavy atom. The lowest BCUT2D eigenvalue weighted by atomic mass is 10.1. The van der Waals surface area contributed by atoms with Crippen molar-refractivity contribution in [1.82, 2.24) is 9.97 Å². The first-order chi connectivity index (χ1) is 9.06. The maximum Gasteiger partial charge on any atom is 0.356 e. The normalized spacial score (nSPS) is 11.9. The molecule has 0 aliphatic heterocycles. The molecule has 2 aromatic rings. The molecular weight excluding hydrogens is 310 g/mol. The van der Waals surface area contributed by atoms with Gasteiger partial charge in [0.15, 0.2) is 5.69 Å². The number of aromatic carboxylic acids is 1. The van der Waals surface area contributed by atoms with Gasteiger partial charge in [0, 0.05) is 10.5 Å². The summed E-state index contributed by atoms with van der Waals surface area (Å²) >= 11 is 3.38. The fourth-order valence-electron chi connectivity index (χ4n) is 1.60. The average molecular weight is 322 g/mol. The van der Waals surface area contributed by atoms with Crippen LogP contribution in [0, 0.1) is 0 Å². The Hall–Kier alpha value is -1.95. The van der Waals surface area contributed by atoms with Crippen LogP contribution in [0.1, 0.15) is 29.0 Å². The molecule has 5 nitrogen and oxygen atoms in total. The molecule has 0 radical (unpaired) electrons. The molecule has 1 atom stereocenters. The predicted molar refractivity (Wildman–Crippen MR) is 75.2 cm³/mol. The van der Waals surface area contributed by atoms with Gasteiger partial charge in [0.05, 0.1) is 12.4 Å². The zero-order chi connectivity index (χ0) is 13.8. The second kappa shape index (κ2) is 5.79. The van der Waals surface area contributed by atoms with E-state index in [0.717, 1.165) is 10.0 Å². The summed E-state index contributed by atoms with van der Waals surface area (Å²) in [5, 5.41) is 12.0. The van der Waals surface area contributed by atoms with E-state index in [4.69, 9.17) is 5.11 Å². The van der Waals surface area contributed by atoms with Crippen LogP contribution in [-0.4, -0.2) is 21.0 Å². The van der Waals surface area contributed by atoms with E-state index in [0.29, 0.717) is 5.82 Å². The highest BCUT2D eigenvalue weighted by molar-refractivity contribution is 9.10. The molecule has 2 N–H and O–H groups in total. The molecular formula is C13H12BrN3O2. The van der Waals surface area contributed by atoms with Gasteiger partial charge in [-0.2, -0.15) is 0 Å². The summed E-state index contributed by atoms with van der Waals surface area (Å²) in [6, 6.07) is 7.87. The monoisotopic (exact) mass is 321 g/mol. The van der Waals surface area contributed by atoms with Crippen molar-refractivity contribution in [3.8, 4) is 0 Å². The minimum Gasteiger partial charge on any atom is -0.476 e. The maximum atomic E-state index is 10.8. The smallest absolute Gasteiger partial charge is 0.356 e. The standard InChI is InChI=1S/C13H12BrN3O2/c1-8(9-2-4-10(14)5-3-9)16-12-7-15-6-11(17-12)13(18)19/h2-8H,1H3,(H,16,17)(H,18,19). The highest BCUT2D eigenvalue weighted by Gasteiger charge is 2.09. The molecule has 0 fully saturated rings. The molecule has 0 saturated heterocycles. The lowest BCUT2D eigenvalue weighted by Gasteiger charge is -2.14. The fraction of sp³-hybridized carbons (Fsp3) is 0.154. The van der Waals surface area contributed by atoms with E-state index in [1.54, 1.807) is 0 Å². The van der Waals surface area contributed by atoms with Crippen LogP contribution in [-0.2, 0) is 0 Å². The summed E-state index contributed by atoms with van der Waals surface area (Å²) in [6.07, 6.45) is 2.72.